The number of anilines is 2. The van der Waals surface area contributed by atoms with E-state index in [-0.39, 0.29) is 23.9 Å². The Hall–Kier alpha value is -4.19. The van der Waals surface area contributed by atoms with Gasteiger partial charge in [-0.2, -0.15) is 0 Å². The van der Waals surface area contributed by atoms with Gasteiger partial charge < -0.3 is 15.5 Å². The number of para-hydroxylation sites is 2. The number of hydrogen-bond acceptors (Lipinski definition) is 3. The van der Waals surface area contributed by atoms with Gasteiger partial charge in [0.1, 0.15) is 0 Å². The summed E-state index contributed by atoms with van der Waals surface area (Å²) in [5.74, 6) is -0.160. The summed E-state index contributed by atoms with van der Waals surface area (Å²) in [5, 5.41) is 7.02. The molecule has 0 spiro atoms. The molecule has 1 aliphatic heterocycles. The fraction of sp³-hybridized carbons (Fsp3) is 0.258. The number of pyridine rings is 1. The van der Waals surface area contributed by atoms with Crippen molar-refractivity contribution in [3.05, 3.63) is 90.5 Å². The molecule has 0 radical (unpaired) electrons. The Bertz CT molecular complexity index is 1440. The maximum atomic E-state index is 14.1. The Morgan fingerprint density at radius 2 is 1.54 bits per heavy atom. The molecule has 1 aliphatic carbocycles. The van der Waals surface area contributed by atoms with E-state index in [9.17, 15) is 9.59 Å². The van der Waals surface area contributed by atoms with Crippen molar-refractivity contribution in [1.82, 2.24) is 10.3 Å². The molecule has 2 atom stereocenters. The van der Waals surface area contributed by atoms with E-state index in [2.05, 4.69) is 28.8 Å². The monoisotopic (exact) mass is 490 g/mol. The van der Waals surface area contributed by atoms with Crippen LogP contribution >= 0.6 is 0 Å². The van der Waals surface area contributed by atoms with Gasteiger partial charge in [0, 0.05) is 34.8 Å². The van der Waals surface area contributed by atoms with Gasteiger partial charge in [0.05, 0.1) is 22.8 Å². The maximum absolute atomic E-state index is 14.1. The first kappa shape index (κ1) is 23.2. The molecule has 6 nitrogen and oxygen atoms in total. The molecule has 3 aromatic carbocycles. The van der Waals surface area contributed by atoms with Crippen molar-refractivity contribution >= 4 is 34.2 Å². The predicted octanol–water partition coefficient (Wildman–Crippen LogP) is 6.17. The Morgan fingerprint density at radius 3 is 2.35 bits per heavy atom. The summed E-state index contributed by atoms with van der Waals surface area (Å²) in [6, 6.07) is 27.2. The summed E-state index contributed by atoms with van der Waals surface area (Å²) in [6.45, 7) is 0.628. The third-order valence-corrected chi connectivity index (χ3v) is 7.56. The zero-order valence-corrected chi connectivity index (χ0v) is 20.7. The average Bonchev–Trinajstić information content (AvgIpc) is 3.39. The molecule has 2 aliphatic rings. The molecule has 1 saturated carbocycles. The van der Waals surface area contributed by atoms with Gasteiger partial charge in [-0.25, -0.2) is 9.78 Å². The molecule has 6 rings (SSSR count). The molecule has 1 fully saturated rings. The molecule has 37 heavy (non-hydrogen) atoms. The van der Waals surface area contributed by atoms with Gasteiger partial charge in [-0.3, -0.25) is 4.79 Å². The Labute approximate surface area is 216 Å². The highest BCUT2D eigenvalue weighted by molar-refractivity contribution is 6.08. The number of amides is 3. The molecule has 2 heterocycles. The van der Waals surface area contributed by atoms with Gasteiger partial charge in [-0.15, -0.1) is 0 Å². The first-order chi connectivity index (χ1) is 18.2. The van der Waals surface area contributed by atoms with Crippen molar-refractivity contribution in [2.75, 3.05) is 16.8 Å². The molecule has 2 N–H and O–H groups in total. The van der Waals surface area contributed by atoms with Crippen LogP contribution in [0.4, 0.5) is 16.2 Å². The van der Waals surface area contributed by atoms with E-state index in [4.69, 9.17) is 4.98 Å². The lowest BCUT2D eigenvalue weighted by Gasteiger charge is -2.34. The molecule has 0 unspecified atom stereocenters. The smallest absolute Gasteiger partial charge is 0.319 e. The SMILES string of the molecule is O=C(Nc1ccccc1)N[C@@H]1CCCC[C@@H]1C(=O)N1CCc2c(-c3ccccc3)nc3ccccc3c21. The zero-order chi connectivity index (χ0) is 25.2. The molecule has 0 bridgehead atoms. The van der Waals surface area contributed by atoms with Gasteiger partial charge in [0.25, 0.3) is 0 Å². The molecular weight excluding hydrogens is 460 g/mol. The molecule has 4 aromatic rings. The van der Waals surface area contributed by atoms with Crippen LogP contribution in [0.3, 0.4) is 0 Å². The van der Waals surface area contributed by atoms with Gasteiger partial charge in [-0.1, -0.05) is 79.6 Å². The van der Waals surface area contributed by atoms with Crippen LogP contribution in [-0.4, -0.2) is 29.5 Å². The standard InChI is InChI=1S/C31H30N4O2/c36-30(24-16-8-10-18-27(24)34-31(37)32-22-13-5-2-6-14-22)35-20-19-25-28(21-11-3-1-4-12-21)33-26-17-9-7-15-23(26)29(25)35/h1-7,9,11-15,17,24,27H,8,10,16,18-20H2,(H2,32,34,37)/t24-,27+/m0/s1. The molecular formula is C31H30N4O2. The lowest BCUT2D eigenvalue weighted by molar-refractivity contribution is -0.123. The highest BCUT2D eigenvalue weighted by Gasteiger charge is 2.38. The van der Waals surface area contributed by atoms with E-state index in [0.29, 0.717) is 6.54 Å². The second-order valence-corrected chi connectivity index (χ2v) is 9.87. The summed E-state index contributed by atoms with van der Waals surface area (Å²) in [4.78, 5) is 33.9. The summed E-state index contributed by atoms with van der Waals surface area (Å²) < 4.78 is 0. The van der Waals surface area contributed by atoms with Crippen LogP contribution in [0.2, 0.25) is 0 Å². The van der Waals surface area contributed by atoms with Gasteiger partial charge in [-0.05, 0) is 37.5 Å². The third-order valence-electron chi connectivity index (χ3n) is 7.56. The van der Waals surface area contributed by atoms with Gasteiger partial charge in [0.15, 0.2) is 0 Å². The van der Waals surface area contributed by atoms with E-state index in [1.807, 2.05) is 71.6 Å². The van der Waals surface area contributed by atoms with Crippen molar-refractivity contribution in [2.24, 2.45) is 5.92 Å². The molecule has 6 heteroatoms. The van der Waals surface area contributed by atoms with Crippen LogP contribution in [-0.2, 0) is 11.2 Å². The number of rotatable bonds is 4. The van der Waals surface area contributed by atoms with Crippen LogP contribution in [0.15, 0.2) is 84.9 Å². The van der Waals surface area contributed by atoms with Gasteiger partial charge in [0.2, 0.25) is 5.91 Å². The lowest BCUT2D eigenvalue weighted by atomic mass is 9.83. The maximum Gasteiger partial charge on any atom is 0.319 e. The van der Waals surface area contributed by atoms with E-state index < -0.39 is 0 Å². The Morgan fingerprint density at radius 1 is 0.838 bits per heavy atom. The second kappa shape index (κ2) is 10.1. The highest BCUT2D eigenvalue weighted by Crippen LogP contribution is 2.42. The summed E-state index contributed by atoms with van der Waals surface area (Å²) in [5.41, 5.74) is 5.74. The minimum atomic E-state index is -0.265. The van der Waals surface area contributed by atoms with Gasteiger partial charge >= 0.3 is 6.03 Å². The van der Waals surface area contributed by atoms with Crippen molar-refractivity contribution in [2.45, 2.75) is 38.1 Å². The second-order valence-electron chi connectivity index (χ2n) is 9.87. The first-order valence-corrected chi connectivity index (χ1v) is 13.1. The minimum absolute atomic E-state index is 0.0961. The summed E-state index contributed by atoms with van der Waals surface area (Å²) >= 11 is 0. The first-order valence-electron chi connectivity index (χ1n) is 13.1. The van der Waals surface area contributed by atoms with E-state index >= 15 is 0 Å². The number of carbonyl (C=O) groups is 2. The number of urea groups is 1. The molecule has 186 valence electrons. The number of carbonyl (C=O) groups excluding carboxylic acids is 2. The van der Waals surface area contributed by atoms with Crippen molar-refractivity contribution < 1.29 is 9.59 Å². The Balaban J connectivity index is 1.31. The average molecular weight is 491 g/mol. The Kier molecular flexibility index (Phi) is 6.31. The van der Waals surface area contributed by atoms with E-state index in [1.54, 1.807) is 0 Å². The van der Waals surface area contributed by atoms with Crippen molar-refractivity contribution in [3.8, 4) is 11.3 Å². The summed E-state index contributed by atoms with van der Waals surface area (Å²) in [7, 11) is 0. The lowest BCUT2D eigenvalue weighted by Crippen LogP contribution is -2.50. The van der Waals surface area contributed by atoms with Crippen molar-refractivity contribution in [1.29, 1.82) is 0 Å². The van der Waals surface area contributed by atoms with Crippen LogP contribution in [0.1, 0.15) is 31.2 Å². The number of benzene rings is 3. The zero-order valence-electron chi connectivity index (χ0n) is 20.7. The fourth-order valence-electron chi connectivity index (χ4n) is 5.83. The van der Waals surface area contributed by atoms with Crippen LogP contribution < -0.4 is 15.5 Å². The van der Waals surface area contributed by atoms with Crippen molar-refractivity contribution in [3.63, 3.8) is 0 Å². The molecule has 1 aromatic heterocycles. The third kappa shape index (κ3) is 4.55. The van der Waals surface area contributed by atoms with E-state index in [1.165, 1.54) is 0 Å². The van der Waals surface area contributed by atoms with Crippen LogP contribution in [0, 0.1) is 5.92 Å². The minimum Gasteiger partial charge on any atom is -0.334 e. The predicted molar refractivity (Wildman–Crippen MR) is 148 cm³/mol. The number of hydrogen-bond donors (Lipinski definition) is 2. The van der Waals surface area contributed by atoms with Crippen LogP contribution in [0.25, 0.3) is 22.2 Å². The number of aromatic nitrogens is 1. The molecule has 0 saturated heterocycles. The molecule has 3 amide bonds. The number of nitrogens with one attached hydrogen (secondary N) is 2. The highest BCUT2D eigenvalue weighted by atomic mass is 16.2. The topological polar surface area (TPSA) is 74.3 Å². The fourth-order valence-corrected chi connectivity index (χ4v) is 5.83. The van der Waals surface area contributed by atoms with Crippen LogP contribution in [0.5, 0.6) is 0 Å². The number of nitrogens with zero attached hydrogens (tertiary/aromatic N) is 2. The normalized spacial score (nSPS) is 18.9. The van der Waals surface area contributed by atoms with E-state index in [0.717, 1.165) is 71.2 Å². The summed E-state index contributed by atoms with van der Waals surface area (Å²) in [6.07, 6.45) is 4.33. The quantitative estimate of drug-likeness (QED) is 0.359. The largest absolute Gasteiger partial charge is 0.334 e. The number of fused-ring (bicyclic) bond motifs is 3.